The number of hydrogen-bond acceptors (Lipinski definition) is 5. The molecule has 1 heterocycles. The predicted octanol–water partition coefficient (Wildman–Crippen LogP) is 5.12. The highest BCUT2D eigenvalue weighted by Crippen LogP contribution is 3.02. The number of carbonyl (C=O) groups excluding carboxylic acids is 2. The van der Waals surface area contributed by atoms with E-state index >= 15 is 0 Å². The number of halogens is 8. The Morgan fingerprint density at radius 1 is 1.12 bits per heavy atom. The molecule has 7 nitrogen and oxygen atoms in total. The molecule has 16 heteroatoms. The summed E-state index contributed by atoms with van der Waals surface area (Å²) < 4.78 is 105. The second kappa shape index (κ2) is 7.24. The van der Waals surface area contributed by atoms with Gasteiger partial charge >= 0.3 is 16.4 Å². The van der Waals surface area contributed by atoms with E-state index in [0.29, 0.717) is 22.5 Å². The number of benzene rings is 1. The standard InChI is InChI=1S/C17H15F8N5O2S/c18-17(19,20)12-6-11(7-13(8-12)33(21,22,23,24)25)15-27-9-29(28-15)5-4-14(31)30(26)16(32)10-2-1-3-10/h4-10H,1-3,26H2/b5-4-. The maximum atomic E-state index is 13.1. The number of hydrazine groups is 1. The first-order valence-electron chi connectivity index (χ1n) is 9.04. The number of amides is 2. The zero-order chi connectivity index (χ0) is 24.9. The molecule has 0 atom stereocenters. The third-order valence-electron chi connectivity index (χ3n) is 4.75. The Balaban J connectivity index is 1.90. The molecular weight excluding hydrogens is 490 g/mol. The van der Waals surface area contributed by atoms with Crippen LogP contribution < -0.4 is 5.84 Å². The van der Waals surface area contributed by atoms with Crippen molar-refractivity contribution < 1.29 is 42.2 Å². The van der Waals surface area contributed by atoms with Crippen LogP contribution >= 0.6 is 10.2 Å². The van der Waals surface area contributed by atoms with Crippen molar-refractivity contribution in [1.29, 1.82) is 0 Å². The van der Waals surface area contributed by atoms with E-state index in [1.807, 2.05) is 0 Å². The van der Waals surface area contributed by atoms with Gasteiger partial charge in [-0.1, -0.05) is 25.8 Å². The van der Waals surface area contributed by atoms with Gasteiger partial charge in [-0.2, -0.15) is 13.2 Å². The third kappa shape index (κ3) is 5.68. The molecule has 1 aliphatic rings. The lowest BCUT2D eigenvalue weighted by Gasteiger charge is -2.40. The van der Waals surface area contributed by atoms with Crippen molar-refractivity contribution in [2.45, 2.75) is 30.3 Å². The van der Waals surface area contributed by atoms with Gasteiger partial charge in [-0.05, 0) is 31.0 Å². The molecule has 2 aromatic rings. The molecule has 3 rings (SSSR count). The summed E-state index contributed by atoms with van der Waals surface area (Å²) in [4.78, 5) is 24.6. The van der Waals surface area contributed by atoms with E-state index in [1.165, 1.54) is 0 Å². The molecule has 1 aromatic heterocycles. The van der Waals surface area contributed by atoms with Crippen molar-refractivity contribution in [3.63, 3.8) is 0 Å². The zero-order valence-corrected chi connectivity index (χ0v) is 17.1. The second-order valence-electron chi connectivity index (χ2n) is 7.25. The molecule has 0 bridgehead atoms. The Morgan fingerprint density at radius 3 is 2.27 bits per heavy atom. The Bertz CT molecular complexity index is 1140. The topological polar surface area (TPSA) is 94.1 Å². The lowest BCUT2D eigenvalue weighted by molar-refractivity contribution is -0.147. The smallest absolute Gasteiger partial charge is 0.273 e. The van der Waals surface area contributed by atoms with E-state index in [-0.39, 0.29) is 18.1 Å². The molecule has 2 amide bonds. The van der Waals surface area contributed by atoms with E-state index in [9.17, 15) is 42.2 Å². The average molecular weight is 505 g/mol. The van der Waals surface area contributed by atoms with Crippen LogP contribution in [0.4, 0.5) is 32.6 Å². The molecule has 1 aliphatic carbocycles. The maximum Gasteiger partial charge on any atom is 0.416 e. The number of nitrogens with two attached hydrogens (primary N) is 1. The second-order valence-corrected chi connectivity index (χ2v) is 9.66. The highest BCUT2D eigenvalue weighted by molar-refractivity contribution is 8.45. The molecule has 0 spiro atoms. The van der Waals surface area contributed by atoms with Crippen molar-refractivity contribution in [1.82, 2.24) is 19.8 Å². The third-order valence-corrected chi connectivity index (χ3v) is 5.87. The number of aromatic nitrogens is 3. The Hall–Kier alpha value is -3.01. The van der Waals surface area contributed by atoms with Gasteiger partial charge in [-0.25, -0.2) is 20.5 Å². The minimum absolute atomic E-state index is 0.181. The van der Waals surface area contributed by atoms with Crippen LogP contribution in [0.15, 0.2) is 35.5 Å². The lowest BCUT2D eigenvalue weighted by Crippen LogP contribution is -2.46. The maximum absolute atomic E-state index is 13.1. The lowest BCUT2D eigenvalue weighted by atomic mass is 9.84. The van der Waals surface area contributed by atoms with E-state index in [0.717, 1.165) is 25.0 Å². The van der Waals surface area contributed by atoms with Crippen molar-refractivity contribution in [2.75, 3.05) is 0 Å². The van der Waals surface area contributed by atoms with Gasteiger partial charge < -0.3 is 0 Å². The normalized spacial score (nSPS) is 17.4. The fourth-order valence-corrected chi connectivity index (χ4v) is 3.47. The van der Waals surface area contributed by atoms with Gasteiger partial charge in [0.05, 0.1) is 5.56 Å². The summed E-state index contributed by atoms with van der Waals surface area (Å²) in [6.45, 7) is 0. The van der Waals surface area contributed by atoms with Crippen LogP contribution in [0.25, 0.3) is 17.6 Å². The van der Waals surface area contributed by atoms with Crippen molar-refractivity contribution in [2.24, 2.45) is 11.8 Å². The Morgan fingerprint density at radius 2 is 1.76 bits per heavy atom. The van der Waals surface area contributed by atoms with Crippen LogP contribution in [0, 0.1) is 5.92 Å². The first-order valence-corrected chi connectivity index (χ1v) is 11.0. The summed E-state index contributed by atoms with van der Waals surface area (Å²) in [5.74, 6) is 2.72. The summed E-state index contributed by atoms with van der Waals surface area (Å²) in [7, 11) is -10.5. The van der Waals surface area contributed by atoms with Gasteiger partial charge in [0.2, 0.25) is 5.91 Å². The monoisotopic (exact) mass is 505 g/mol. The quantitative estimate of drug-likeness (QED) is 0.200. The predicted molar refractivity (Wildman–Crippen MR) is 101 cm³/mol. The molecule has 182 valence electrons. The minimum Gasteiger partial charge on any atom is -0.273 e. The van der Waals surface area contributed by atoms with Crippen molar-refractivity contribution >= 4 is 28.2 Å². The minimum atomic E-state index is -10.5. The van der Waals surface area contributed by atoms with E-state index < -0.39 is 56.1 Å². The first kappa shape index (κ1) is 24.6. The summed E-state index contributed by atoms with van der Waals surface area (Å²) in [6.07, 6.45) is -0.947. The molecular formula is C17H15F8N5O2S. The summed E-state index contributed by atoms with van der Waals surface area (Å²) in [5.41, 5.74) is -2.95. The van der Waals surface area contributed by atoms with E-state index in [2.05, 4.69) is 10.1 Å². The summed E-state index contributed by atoms with van der Waals surface area (Å²) in [6, 6.07) is -0.694. The van der Waals surface area contributed by atoms with Gasteiger partial charge in [0.15, 0.2) is 5.82 Å². The average Bonchev–Trinajstić information content (AvgIpc) is 3.10. The molecule has 0 aliphatic heterocycles. The largest absolute Gasteiger partial charge is 0.416 e. The highest BCUT2D eigenvalue weighted by atomic mass is 32.5. The molecule has 33 heavy (non-hydrogen) atoms. The van der Waals surface area contributed by atoms with Gasteiger partial charge in [0.25, 0.3) is 5.91 Å². The van der Waals surface area contributed by atoms with Crippen molar-refractivity contribution in [3.05, 3.63) is 36.2 Å². The summed E-state index contributed by atoms with van der Waals surface area (Å²) in [5, 5.41) is 3.93. The van der Waals surface area contributed by atoms with Crippen LogP contribution in [0.3, 0.4) is 0 Å². The van der Waals surface area contributed by atoms with Crippen LogP contribution in [0.2, 0.25) is 0 Å². The van der Waals surface area contributed by atoms with E-state index in [1.54, 1.807) is 0 Å². The van der Waals surface area contributed by atoms with Crippen LogP contribution in [0.1, 0.15) is 24.8 Å². The SMILES string of the molecule is NN(C(=O)/C=C\n1cnc(-c2cc(C(F)(F)F)cc(S(F)(F)(F)(F)F)c2)n1)C(=O)C1CCC1. The number of nitrogens with zero attached hydrogens (tertiary/aromatic N) is 4. The van der Waals surface area contributed by atoms with Gasteiger partial charge in [-0.3, -0.25) is 9.59 Å². The summed E-state index contributed by atoms with van der Waals surface area (Å²) >= 11 is 0. The molecule has 1 fully saturated rings. The fraction of sp³-hybridized carbons (Fsp3) is 0.294. The molecule has 0 unspecified atom stereocenters. The highest BCUT2D eigenvalue weighted by Gasteiger charge is 2.66. The van der Waals surface area contributed by atoms with Crippen LogP contribution in [0.5, 0.6) is 0 Å². The van der Waals surface area contributed by atoms with Crippen molar-refractivity contribution in [3.8, 4) is 11.4 Å². The molecule has 0 saturated heterocycles. The first-order chi connectivity index (χ1) is 14.8. The van der Waals surface area contributed by atoms with Crippen LogP contribution in [-0.4, -0.2) is 31.6 Å². The number of imide groups is 1. The Labute approximate surface area is 180 Å². The fourth-order valence-electron chi connectivity index (χ4n) is 2.77. The number of alkyl halides is 3. The Kier molecular flexibility index (Phi) is 5.41. The molecule has 1 saturated carbocycles. The van der Waals surface area contributed by atoms with E-state index in [4.69, 9.17) is 5.84 Å². The molecule has 2 N–H and O–H groups in total. The number of carbonyl (C=O) groups is 2. The van der Waals surface area contributed by atoms with Crippen LogP contribution in [-0.2, 0) is 15.8 Å². The van der Waals surface area contributed by atoms with Gasteiger partial charge in [-0.15, -0.1) is 5.10 Å². The van der Waals surface area contributed by atoms with Gasteiger partial charge in [0, 0.05) is 23.8 Å². The zero-order valence-electron chi connectivity index (χ0n) is 16.3. The number of hydrogen-bond donors (Lipinski definition) is 1. The molecule has 1 aromatic carbocycles. The molecule has 0 radical (unpaired) electrons. The van der Waals surface area contributed by atoms with Gasteiger partial charge in [0.1, 0.15) is 11.2 Å². The number of rotatable bonds is 5.